The first-order valence-electron chi connectivity index (χ1n) is 5.33. The van der Waals surface area contributed by atoms with Crippen molar-refractivity contribution in [3.8, 4) is 0 Å². The second kappa shape index (κ2) is 5.19. The Bertz CT molecular complexity index is 554. The molecule has 1 amide bonds. The molecule has 2 rings (SSSR count). The smallest absolute Gasteiger partial charge is 0.239 e. The molecule has 0 aliphatic heterocycles. The number of hydrogen-bond donors (Lipinski definition) is 2. The highest BCUT2D eigenvalue weighted by atomic mass is 79.9. The molecule has 17 heavy (non-hydrogen) atoms. The van der Waals surface area contributed by atoms with Gasteiger partial charge in [-0.05, 0) is 35.0 Å². The summed E-state index contributed by atoms with van der Waals surface area (Å²) in [4.78, 5) is 11.1. The average Bonchev–Trinajstić information content (AvgIpc) is 2.35. The first-order chi connectivity index (χ1) is 8.19. The summed E-state index contributed by atoms with van der Waals surface area (Å²) in [7, 11) is 1.63. The van der Waals surface area contributed by atoms with Crippen LogP contribution in [0.4, 0.5) is 5.69 Å². The van der Waals surface area contributed by atoms with E-state index in [1.54, 1.807) is 7.05 Å². The van der Waals surface area contributed by atoms with Crippen LogP contribution in [0.3, 0.4) is 0 Å². The second-order valence-corrected chi connectivity index (χ2v) is 4.65. The number of likely N-dealkylation sites (N-methyl/N-ethyl adjacent to an activating group) is 1. The maximum atomic E-state index is 11.1. The van der Waals surface area contributed by atoms with Gasteiger partial charge in [-0.2, -0.15) is 0 Å². The molecule has 3 nitrogen and oxygen atoms in total. The Morgan fingerprint density at radius 2 is 1.88 bits per heavy atom. The van der Waals surface area contributed by atoms with E-state index >= 15 is 0 Å². The van der Waals surface area contributed by atoms with Crippen molar-refractivity contribution < 1.29 is 4.79 Å². The van der Waals surface area contributed by atoms with E-state index in [0.29, 0.717) is 6.54 Å². The van der Waals surface area contributed by atoms with Gasteiger partial charge in [0, 0.05) is 17.2 Å². The summed E-state index contributed by atoms with van der Waals surface area (Å²) in [5, 5.41) is 7.97. The van der Waals surface area contributed by atoms with Crippen LogP contribution in [0.1, 0.15) is 0 Å². The molecule has 0 aliphatic carbocycles. The Hall–Kier alpha value is -1.55. The topological polar surface area (TPSA) is 41.1 Å². The van der Waals surface area contributed by atoms with E-state index in [2.05, 4.69) is 32.6 Å². The molecule has 0 spiro atoms. The van der Waals surface area contributed by atoms with Crippen LogP contribution in [0.25, 0.3) is 10.8 Å². The van der Waals surface area contributed by atoms with E-state index in [1.807, 2.05) is 30.3 Å². The van der Waals surface area contributed by atoms with Crippen LogP contribution in [0.15, 0.2) is 40.9 Å². The zero-order valence-corrected chi connectivity index (χ0v) is 11.0. The second-order valence-electron chi connectivity index (χ2n) is 3.73. The van der Waals surface area contributed by atoms with Crippen molar-refractivity contribution in [2.24, 2.45) is 0 Å². The zero-order valence-electron chi connectivity index (χ0n) is 9.46. The van der Waals surface area contributed by atoms with Gasteiger partial charge in [-0.15, -0.1) is 0 Å². The van der Waals surface area contributed by atoms with E-state index in [4.69, 9.17) is 0 Å². The van der Waals surface area contributed by atoms with Gasteiger partial charge in [-0.3, -0.25) is 4.79 Å². The molecular weight excluding hydrogens is 280 g/mol. The van der Waals surface area contributed by atoms with Crippen molar-refractivity contribution in [3.63, 3.8) is 0 Å². The van der Waals surface area contributed by atoms with Gasteiger partial charge in [0.15, 0.2) is 0 Å². The summed E-state index contributed by atoms with van der Waals surface area (Å²) in [6, 6.07) is 12.2. The van der Waals surface area contributed by atoms with E-state index in [0.717, 1.165) is 15.5 Å². The zero-order chi connectivity index (χ0) is 12.3. The lowest BCUT2D eigenvalue weighted by molar-refractivity contribution is -0.118. The molecule has 2 N–H and O–H groups in total. The number of nitrogens with one attached hydrogen (secondary N) is 2. The molecule has 0 atom stereocenters. The highest BCUT2D eigenvalue weighted by Gasteiger charge is 1.99. The molecule has 0 fully saturated rings. The molecule has 88 valence electrons. The van der Waals surface area contributed by atoms with Crippen LogP contribution in [-0.2, 0) is 4.79 Å². The highest BCUT2D eigenvalue weighted by Crippen LogP contribution is 2.22. The molecule has 0 heterocycles. The molecule has 0 bridgehead atoms. The summed E-state index contributed by atoms with van der Waals surface area (Å²) in [6.07, 6.45) is 0. The van der Waals surface area contributed by atoms with Crippen molar-refractivity contribution in [1.29, 1.82) is 0 Å². The van der Waals surface area contributed by atoms with Gasteiger partial charge in [0.25, 0.3) is 0 Å². The van der Waals surface area contributed by atoms with Crippen LogP contribution in [0, 0.1) is 0 Å². The molecule has 0 aromatic heterocycles. The number of rotatable bonds is 3. The summed E-state index contributed by atoms with van der Waals surface area (Å²) < 4.78 is 1.07. The third-order valence-electron chi connectivity index (χ3n) is 2.53. The first kappa shape index (κ1) is 11.9. The molecule has 0 unspecified atom stereocenters. The Kier molecular flexibility index (Phi) is 3.64. The summed E-state index contributed by atoms with van der Waals surface area (Å²) in [5.74, 6) is -0.0269. The Labute approximate surface area is 108 Å². The molecule has 0 aliphatic rings. The van der Waals surface area contributed by atoms with E-state index in [9.17, 15) is 4.79 Å². The monoisotopic (exact) mass is 292 g/mol. The highest BCUT2D eigenvalue weighted by molar-refractivity contribution is 9.10. The quantitative estimate of drug-likeness (QED) is 0.913. The fourth-order valence-corrected chi connectivity index (χ4v) is 1.98. The van der Waals surface area contributed by atoms with Crippen LogP contribution < -0.4 is 10.6 Å². The fourth-order valence-electron chi connectivity index (χ4n) is 1.60. The van der Waals surface area contributed by atoms with Crippen LogP contribution in [-0.4, -0.2) is 19.5 Å². The number of amides is 1. The number of carbonyl (C=O) groups is 1. The number of carbonyl (C=O) groups excluding carboxylic acids is 1. The molecule has 0 radical (unpaired) electrons. The lowest BCUT2D eigenvalue weighted by Crippen LogP contribution is -2.26. The molecule has 0 saturated heterocycles. The predicted molar refractivity (Wildman–Crippen MR) is 74.2 cm³/mol. The standard InChI is InChI=1S/C13H13BrN2O/c1-15-13(17)8-16-12-5-3-9-6-11(14)4-2-10(9)7-12/h2-7,16H,8H2,1H3,(H,15,17). The lowest BCUT2D eigenvalue weighted by Gasteiger charge is -2.07. The minimum atomic E-state index is -0.0269. The maximum Gasteiger partial charge on any atom is 0.239 e. The molecular formula is C13H13BrN2O. The normalized spacial score (nSPS) is 10.2. The Morgan fingerprint density at radius 3 is 2.65 bits per heavy atom. The largest absolute Gasteiger partial charge is 0.376 e. The SMILES string of the molecule is CNC(=O)CNc1ccc2cc(Br)ccc2c1. The van der Waals surface area contributed by atoms with Crippen molar-refractivity contribution >= 4 is 38.3 Å². The van der Waals surface area contributed by atoms with Gasteiger partial charge < -0.3 is 10.6 Å². The third kappa shape index (κ3) is 2.97. The van der Waals surface area contributed by atoms with Crippen molar-refractivity contribution in [2.75, 3.05) is 18.9 Å². The van der Waals surface area contributed by atoms with Crippen LogP contribution >= 0.6 is 15.9 Å². The van der Waals surface area contributed by atoms with Gasteiger partial charge in [-0.25, -0.2) is 0 Å². The third-order valence-corrected chi connectivity index (χ3v) is 3.03. The first-order valence-corrected chi connectivity index (χ1v) is 6.12. The molecule has 0 saturated carbocycles. The number of fused-ring (bicyclic) bond motifs is 1. The molecule has 4 heteroatoms. The minimum Gasteiger partial charge on any atom is -0.376 e. The van der Waals surface area contributed by atoms with Crippen LogP contribution in [0.5, 0.6) is 0 Å². The lowest BCUT2D eigenvalue weighted by atomic mass is 10.1. The Balaban J connectivity index is 2.20. The van der Waals surface area contributed by atoms with E-state index in [1.165, 1.54) is 5.39 Å². The summed E-state index contributed by atoms with van der Waals surface area (Å²) in [5.41, 5.74) is 0.948. The number of anilines is 1. The van der Waals surface area contributed by atoms with Crippen molar-refractivity contribution in [1.82, 2.24) is 5.32 Å². The van der Waals surface area contributed by atoms with Gasteiger partial charge in [-0.1, -0.05) is 28.1 Å². The maximum absolute atomic E-state index is 11.1. The van der Waals surface area contributed by atoms with E-state index in [-0.39, 0.29) is 5.91 Å². The summed E-state index contributed by atoms with van der Waals surface area (Å²) in [6.45, 7) is 0.290. The average molecular weight is 293 g/mol. The van der Waals surface area contributed by atoms with Gasteiger partial charge in [0.1, 0.15) is 0 Å². The minimum absolute atomic E-state index is 0.0269. The fraction of sp³-hybridized carbons (Fsp3) is 0.154. The molecule has 2 aromatic rings. The van der Waals surface area contributed by atoms with Crippen LogP contribution in [0.2, 0.25) is 0 Å². The van der Waals surface area contributed by atoms with Gasteiger partial charge in [0.2, 0.25) is 5.91 Å². The van der Waals surface area contributed by atoms with Crippen molar-refractivity contribution in [3.05, 3.63) is 40.9 Å². The summed E-state index contributed by atoms with van der Waals surface area (Å²) >= 11 is 3.44. The van der Waals surface area contributed by atoms with Crippen molar-refractivity contribution in [2.45, 2.75) is 0 Å². The Morgan fingerprint density at radius 1 is 1.18 bits per heavy atom. The van der Waals surface area contributed by atoms with Gasteiger partial charge >= 0.3 is 0 Å². The van der Waals surface area contributed by atoms with E-state index < -0.39 is 0 Å². The number of benzene rings is 2. The van der Waals surface area contributed by atoms with Gasteiger partial charge in [0.05, 0.1) is 6.54 Å². The predicted octanol–water partition coefficient (Wildman–Crippen LogP) is 2.76. The molecule has 2 aromatic carbocycles. The number of halogens is 1. The number of hydrogen-bond acceptors (Lipinski definition) is 2.